The van der Waals surface area contributed by atoms with Crippen LogP contribution in [0.25, 0.3) is 0 Å². The lowest BCUT2D eigenvalue weighted by atomic mass is 9.99. The molecule has 0 aliphatic rings. The summed E-state index contributed by atoms with van der Waals surface area (Å²) < 4.78 is 1.08. The van der Waals surface area contributed by atoms with Crippen molar-refractivity contribution < 1.29 is 0 Å². The second kappa shape index (κ2) is 10.7. The van der Waals surface area contributed by atoms with Gasteiger partial charge in [0.1, 0.15) is 8.07 Å². The SMILES string of the molecule is CCCCCCC[C@@H](C)C/C=C(\Br)C#C[Si](C)(C)C. The Morgan fingerprint density at radius 3 is 2.37 bits per heavy atom. The van der Waals surface area contributed by atoms with Crippen molar-refractivity contribution in [3.05, 3.63) is 10.6 Å². The lowest BCUT2D eigenvalue weighted by Gasteiger charge is -2.08. The molecule has 0 aliphatic carbocycles. The van der Waals surface area contributed by atoms with Gasteiger partial charge in [-0.2, -0.15) is 0 Å². The van der Waals surface area contributed by atoms with Crippen molar-refractivity contribution in [2.45, 2.75) is 78.4 Å². The van der Waals surface area contributed by atoms with E-state index in [0.29, 0.717) is 0 Å². The standard InChI is InChI=1S/C17H31BrSi/c1-6-7-8-9-10-11-16(2)12-13-17(18)14-15-19(3,4)5/h13,16H,6-12H2,1-5H3/b17-13-/t16-/m1/s1. The molecule has 0 unspecified atom stereocenters. The minimum Gasteiger partial charge on any atom is -0.126 e. The predicted octanol–water partition coefficient (Wildman–Crippen LogP) is 6.53. The van der Waals surface area contributed by atoms with Gasteiger partial charge in [-0.15, -0.1) is 5.54 Å². The van der Waals surface area contributed by atoms with E-state index in [-0.39, 0.29) is 0 Å². The zero-order valence-corrected chi connectivity index (χ0v) is 16.1. The monoisotopic (exact) mass is 342 g/mol. The second-order valence-electron chi connectivity index (χ2n) is 6.60. The Labute approximate surface area is 130 Å². The summed E-state index contributed by atoms with van der Waals surface area (Å²) >= 11 is 3.57. The average Bonchev–Trinajstić information content (AvgIpc) is 2.32. The van der Waals surface area contributed by atoms with E-state index in [1.807, 2.05) is 0 Å². The maximum absolute atomic E-state index is 3.57. The van der Waals surface area contributed by atoms with Gasteiger partial charge in [-0.3, -0.25) is 0 Å². The van der Waals surface area contributed by atoms with Gasteiger partial charge in [-0.05, 0) is 28.3 Å². The molecule has 0 fully saturated rings. The van der Waals surface area contributed by atoms with Crippen molar-refractivity contribution in [2.24, 2.45) is 5.92 Å². The summed E-state index contributed by atoms with van der Waals surface area (Å²) in [5.41, 5.74) is 3.39. The van der Waals surface area contributed by atoms with Gasteiger partial charge >= 0.3 is 0 Å². The van der Waals surface area contributed by atoms with Crippen LogP contribution in [-0.2, 0) is 0 Å². The molecule has 0 nitrogen and oxygen atoms in total. The molecule has 0 radical (unpaired) electrons. The minimum atomic E-state index is -1.24. The molecule has 0 saturated heterocycles. The predicted molar refractivity (Wildman–Crippen MR) is 95.3 cm³/mol. The zero-order valence-electron chi connectivity index (χ0n) is 13.5. The molecule has 0 saturated carbocycles. The highest BCUT2D eigenvalue weighted by atomic mass is 79.9. The van der Waals surface area contributed by atoms with Gasteiger partial charge in [0, 0.05) is 0 Å². The Hall–Kier alpha value is -0.00312. The molecule has 110 valence electrons. The van der Waals surface area contributed by atoms with Crippen LogP contribution in [0.3, 0.4) is 0 Å². The number of allylic oxidation sites excluding steroid dienone is 2. The summed E-state index contributed by atoms with van der Waals surface area (Å²) in [5.74, 6) is 4.03. The third-order valence-electron chi connectivity index (χ3n) is 3.06. The largest absolute Gasteiger partial charge is 0.129 e. The molecule has 0 amide bonds. The van der Waals surface area contributed by atoms with E-state index < -0.39 is 8.07 Å². The molecule has 2 heteroatoms. The summed E-state index contributed by atoms with van der Waals surface area (Å²) in [4.78, 5) is 0. The molecule has 0 aromatic rings. The molecule has 19 heavy (non-hydrogen) atoms. The van der Waals surface area contributed by atoms with Crippen LogP contribution in [0.4, 0.5) is 0 Å². The third-order valence-corrected chi connectivity index (χ3v) is 4.45. The van der Waals surface area contributed by atoms with Gasteiger partial charge in [0.15, 0.2) is 0 Å². The summed E-state index contributed by atoms with van der Waals surface area (Å²) in [6, 6.07) is 0. The van der Waals surface area contributed by atoms with Crippen LogP contribution in [-0.4, -0.2) is 8.07 Å². The quantitative estimate of drug-likeness (QED) is 0.267. The lowest BCUT2D eigenvalue weighted by molar-refractivity contribution is 0.490. The molecular weight excluding hydrogens is 312 g/mol. The molecule has 0 N–H and O–H groups in total. The van der Waals surface area contributed by atoms with Gasteiger partial charge in [0.2, 0.25) is 0 Å². The highest BCUT2D eigenvalue weighted by Crippen LogP contribution is 2.17. The van der Waals surface area contributed by atoms with Gasteiger partial charge in [-0.1, -0.05) is 84.0 Å². The highest BCUT2D eigenvalue weighted by molar-refractivity contribution is 9.12. The van der Waals surface area contributed by atoms with Crippen LogP contribution in [0.1, 0.15) is 58.8 Å². The van der Waals surface area contributed by atoms with Crippen LogP contribution < -0.4 is 0 Å². The first-order chi connectivity index (χ1) is 8.85. The van der Waals surface area contributed by atoms with Crippen LogP contribution in [0, 0.1) is 17.4 Å². The van der Waals surface area contributed by atoms with E-state index in [0.717, 1.165) is 16.8 Å². The fraction of sp³-hybridized carbons (Fsp3) is 0.765. The van der Waals surface area contributed by atoms with Crippen LogP contribution in [0.15, 0.2) is 10.6 Å². The smallest absolute Gasteiger partial charge is 0.126 e. The molecule has 1 atom stereocenters. The molecular formula is C17H31BrSi. The number of hydrogen-bond acceptors (Lipinski definition) is 0. The van der Waals surface area contributed by atoms with Crippen molar-refractivity contribution in [1.29, 1.82) is 0 Å². The number of rotatable bonds is 8. The Kier molecular flexibility index (Phi) is 10.7. The Balaban J connectivity index is 3.86. The normalized spacial score (nSPS) is 13.9. The number of hydrogen-bond donors (Lipinski definition) is 0. The van der Waals surface area contributed by atoms with E-state index >= 15 is 0 Å². The zero-order chi connectivity index (χ0) is 14.7. The average molecular weight is 343 g/mol. The van der Waals surface area contributed by atoms with Gasteiger partial charge < -0.3 is 0 Å². The maximum Gasteiger partial charge on any atom is 0.129 e. The van der Waals surface area contributed by atoms with Gasteiger partial charge in [0.05, 0.1) is 4.48 Å². The first-order valence-electron chi connectivity index (χ1n) is 7.74. The molecule has 0 aromatic heterocycles. The summed E-state index contributed by atoms with van der Waals surface area (Å²) in [7, 11) is -1.24. The fourth-order valence-corrected chi connectivity index (χ4v) is 2.80. The second-order valence-corrected chi connectivity index (χ2v) is 12.2. The van der Waals surface area contributed by atoms with Gasteiger partial charge in [0.25, 0.3) is 0 Å². The van der Waals surface area contributed by atoms with Gasteiger partial charge in [-0.25, -0.2) is 0 Å². The van der Waals surface area contributed by atoms with E-state index in [9.17, 15) is 0 Å². The van der Waals surface area contributed by atoms with Crippen LogP contribution >= 0.6 is 15.9 Å². The molecule has 0 rings (SSSR count). The van der Waals surface area contributed by atoms with E-state index in [1.165, 1.54) is 38.5 Å². The van der Waals surface area contributed by atoms with Crippen LogP contribution in [0.5, 0.6) is 0 Å². The van der Waals surface area contributed by atoms with Crippen molar-refractivity contribution in [3.8, 4) is 11.5 Å². The van der Waals surface area contributed by atoms with E-state index in [4.69, 9.17) is 0 Å². The molecule has 0 aromatic carbocycles. The van der Waals surface area contributed by atoms with Crippen molar-refractivity contribution >= 4 is 24.0 Å². The van der Waals surface area contributed by atoms with E-state index in [2.05, 4.69) is 67.0 Å². The van der Waals surface area contributed by atoms with Crippen molar-refractivity contribution in [1.82, 2.24) is 0 Å². The molecule has 0 bridgehead atoms. The first kappa shape index (κ1) is 19.0. The maximum atomic E-state index is 3.57. The topological polar surface area (TPSA) is 0 Å². The Morgan fingerprint density at radius 1 is 1.16 bits per heavy atom. The first-order valence-corrected chi connectivity index (χ1v) is 12.0. The molecule has 0 heterocycles. The third kappa shape index (κ3) is 14.2. The van der Waals surface area contributed by atoms with Crippen LogP contribution in [0.2, 0.25) is 19.6 Å². The highest BCUT2D eigenvalue weighted by Gasteiger charge is 2.07. The summed E-state index contributed by atoms with van der Waals surface area (Å²) in [5, 5.41) is 0. The molecule has 0 aliphatic heterocycles. The Morgan fingerprint density at radius 2 is 1.79 bits per heavy atom. The number of halogens is 1. The van der Waals surface area contributed by atoms with Crippen molar-refractivity contribution in [2.75, 3.05) is 0 Å². The lowest BCUT2D eigenvalue weighted by Crippen LogP contribution is -2.16. The summed E-state index contributed by atoms with van der Waals surface area (Å²) in [6.07, 6.45) is 11.7. The Bertz CT molecular complexity index is 314. The van der Waals surface area contributed by atoms with Crippen molar-refractivity contribution in [3.63, 3.8) is 0 Å². The molecule has 0 spiro atoms. The van der Waals surface area contributed by atoms with E-state index in [1.54, 1.807) is 0 Å². The minimum absolute atomic E-state index is 0.780. The fourth-order valence-electron chi connectivity index (χ4n) is 1.82. The summed E-state index contributed by atoms with van der Waals surface area (Å²) in [6.45, 7) is 11.5. The number of unbranched alkanes of at least 4 members (excludes halogenated alkanes) is 4.